The molecule has 2 unspecified atom stereocenters. The number of hydrogen-bond acceptors (Lipinski definition) is 5. The molecule has 0 spiro atoms. The number of aliphatic hydroxyl groups excluding tert-OH is 1. The van der Waals surface area contributed by atoms with E-state index < -0.39 is 6.10 Å². The first-order chi connectivity index (χ1) is 9.24. The van der Waals surface area contributed by atoms with Gasteiger partial charge in [-0.15, -0.1) is 0 Å². The molecule has 19 heavy (non-hydrogen) atoms. The van der Waals surface area contributed by atoms with E-state index in [1.54, 1.807) is 13.2 Å². The lowest BCUT2D eigenvalue weighted by atomic mass is 10.1. The molecule has 0 bridgehead atoms. The highest BCUT2D eigenvalue weighted by atomic mass is 16.5. The van der Waals surface area contributed by atoms with E-state index in [1.807, 2.05) is 12.1 Å². The molecule has 0 radical (unpaired) electrons. The smallest absolute Gasteiger partial charge is 0.162 e. The van der Waals surface area contributed by atoms with Crippen LogP contribution in [0.25, 0.3) is 0 Å². The SMILES string of the molecule is COc1ccc(C(O)CN)cc1OC1CCCNC1. The number of nitrogens with one attached hydrogen (secondary N) is 1. The second kappa shape index (κ2) is 6.75. The number of methoxy groups -OCH3 is 1. The summed E-state index contributed by atoms with van der Waals surface area (Å²) in [5, 5.41) is 13.1. The Balaban J connectivity index is 2.15. The van der Waals surface area contributed by atoms with Gasteiger partial charge >= 0.3 is 0 Å². The molecule has 4 N–H and O–H groups in total. The fraction of sp³-hybridized carbons (Fsp3) is 0.571. The first kappa shape index (κ1) is 14.1. The van der Waals surface area contributed by atoms with Crippen molar-refractivity contribution in [3.63, 3.8) is 0 Å². The van der Waals surface area contributed by atoms with Gasteiger partial charge in [0.05, 0.1) is 13.2 Å². The molecule has 0 saturated carbocycles. The average molecular weight is 266 g/mol. The second-order valence-corrected chi connectivity index (χ2v) is 4.75. The number of ether oxygens (including phenoxy) is 2. The van der Waals surface area contributed by atoms with Crippen LogP contribution in [0.1, 0.15) is 24.5 Å². The zero-order valence-electron chi connectivity index (χ0n) is 11.3. The maximum atomic E-state index is 9.79. The standard InChI is InChI=1S/C14H22N2O3/c1-18-13-5-4-10(12(17)8-15)7-14(13)19-11-3-2-6-16-9-11/h4-5,7,11-12,16-17H,2-3,6,8-9,15H2,1H3. The average Bonchev–Trinajstić information content (AvgIpc) is 2.47. The molecule has 106 valence electrons. The molecule has 1 heterocycles. The van der Waals surface area contributed by atoms with Crippen molar-refractivity contribution in [1.82, 2.24) is 5.32 Å². The van der Waals surface area contributed by atoms with Gasteiger partial charge in [0.2, 0.25) is 0 Å². The lowest BCUT2D eigenvalue weighted by Gasteiger charge is -2.25. The summed E-state index contributed by atoms with van der Waals surface area (Å²) in [6.07, 6.45) is 1.61. The van der Waals surface area contributed by atoms with Crippen molar-refractivity contribution in [2.24, 2.45) is 5.73 Å². The highest BCUT2D eigenvalue weighted by Gasteiger charge is 2.18. The molecule has 1 saturated heterocycles. The van der Waals surface area contributed by atoms with E-state index in [2.05, 4.69) is 5.32 Å². The van der Waals surface area contributed by atoms with Crippen molar-refractivity contribution in [1.29, 1.82) is 0 Å². The van der Waals surface area contributed by atoms with Crippen LogP contribution in [0, 0.1) is 0 Å². The van der Waals surface area contributed by atoms with Gasteiger partial charge in [0.15, 0.2) is 11.5 Å². The summed E-state index contributed by atoms with van der Waals surface area (Å²) in [4.78, 5) is 0. The summed E-state index contributed by atoms with van der Waals surface area (Å²) in [5.74, 6) is 1.35. The molecule has 1 aliphatic heterocycles. The maximum absolute atomic E-state index is 9.79. The van der Waals surface area contributed by atoms with Gasteiger partial charge < -0.3 is 25.6 Å². The highest BCUT2D eigenvalue weighted by molar-refractivity contribution is 5.43. The fourth-order valence-corrected chi connectivity index (χ4v) is 2.23. The zero-order valence-corrected chi connectivity index (χ0v) is 11.3. The number of piperidine rings is 1. The van der Waals surface area contributed by atoms with Crippen LogP contribution in [0.2, 0.25) is 0 Å². The Morgan fingerprint density at radius 1 is 1.47 bits per heavy atom. The predicted molar refractivity (Wildman–Crippen MR) is 73.5 cm³/mol. The summed E-state index contributed by atoms with van der Waals surface area (Å²) in [6.45, 7) is 2.08. The lowest BCUT2D eigenvalue weighted by Crippen LogP contribution is -2.37. The molecule has 2 atom stereocenters. The third-order valence-electron chi connectivity index (χ3n) is 3.34. The predicted octanol–water partition coefficient (Wildman–Crippen LogP) is 0.818. The second-order valence-electron chi connectivity index (χ2n) is 4.75. The Kier molecular flexibility index (Phi) is 5.01. The van der Waals surface area contributed by atoms with Crippen LogP contribution in [-0.2, 0) is 0 Å². The van der Waals surface area contributed by atoms with E-state index in [4.69, 9.17) is 15.2 Å². The third kappa shape index (κ3) is 3.59. The molecule has 1 fully saturated rings. The Morgan fingerprint density at radius 2 is 2.32 bits per heavy atom. The van der Waals surface area contributed by atoms with Gasteiger partial charge in [-0.3, -0.25) is 0 Å². The van der Waals surface area contributed by atoms with Crippen molar-refractivity contribution >= 4 is 0 Å². The van der Waals surface area contributed by atoms with Crippen LogP contribution in [0.15, 0.2) is 18.2 Å². The largest absolute Gasteiger partial charge is 0.493 e. The van der Waals surface area contributed by atoms with Crippen LogP contribution in [-0.4, -0.2) is 38.0 Å². The van der Waals surface area contributed by atoms with Crippen molar-refractivity contribution < 1.29 is 14.6 Å². The first-order valence-corrected chi connectivity index (χ1v) is 6.68. The summed E-state index contributed by atoms with van der Waals surface area (Å²) in [6, 6.07) is 5.42. The van der Waals surface area contributed by atoms with Gasteiger partial charge in [0, 0.05) is 13.1 Å². The number of nitrogens with two attached hydrogens (primary N) is 1. The zero-order chi connectivity index (χ0) is 13.7. The van der Waals surface area contributed by atoms with E-state index in [0.717, 1.165) is 31.5 Å². The normalized spacial score (nSPS) is 20.9. The van der Waals surface area contributed by atoms with E-state index in [1.165, 1.54) is 0 Å². The molecule has 5 nitrogen and oxygen atoms in total. The van der Waals surface area contributed by atoms with Crippen molar-refractivity contribution in [3.8, 4) is 11.5 Å². The van der Waals surface area contributed by atoms with Gasteiger partial charge in [-0.2, -0.15) is 0 Å². The third-order valence-corrected chi connectivity index (χ3v) is 3.34. The molecule has 1 aliphatic rings. The Hall–Kier alpha value is -1.30. The summed E-state index contributed by atoms with van der Waals surface area (Å²) in [5.41, 5.74) is 6.23. The van der Waals surface area contributed by atoms with Crippen molar-refractivity contribution in [2.75, 3.05) is 26.7 Å². The minimum atomic E-state index is -0.669. The topological polar surface area (TPSA) is 76.7 Å². The number of hydrogen-bond donors (Lipinski definition) is 3. The quantitative estimate of drug-likeness (QED) is 0.735. The molecule has 2 rings (SSSR count). The van der Waals surface area contributed by atoms with Crippen LogP contribution < -0.4 is 20.5 Å². The van der Waals surface area contributed by atoms with E-state index in [0.29, 0.717) is 11.5 Å². The minimum Gasteiger partial charge on any atom is -0.493 e. The molecular weight excluding hydrogens is 244 g/mol. The van der Waals surface area contributed by atoms with E-state index >= 15 is 0 Å². The van der Waals surface area contributed by atoms with E-state index in [-0.39, 0.29) is 12.6 Å². The fourth-order valence-electron chi connectivity index (χ4n) is 2.23. The van der Waals surface area contributed by atoms with Crippen molar-refractivity contribution in [2.45, 2.75) is 25.0 Å². The monoisotopic (exact) mass is 266 g/mol. The Bertz CT molecular complexity index is 406. The van der Waals surface area contributed by atoms with Crippen LogP contribution in [0.4, 0.5) is 0 Å². The summed E-state index contributed by atoms with van der Waals surface area (Å²) < 4.78 is 11.3. The van der Waals surface area contributed by atoms with Crippen molar-refractivity contribution in [3.05, 3.63) is 23.8 Å². The molecule has 0 aromatic heterocycles. The molecule has 5 heteroatoms. The Morgan fingerprint density at radius 3 is 2.95 bits per heavy atom. The van der Waals surface area contributed by atoms with Gasteiger partial charge in [-0.25, -0.2) is 0 Å². The highest BCUT2D eigenvalue weighted by Crippen LogP contribution is 2.31. The van der Waals surface area contributed by atoms with Crippen LogP contribution in [0.3, 0.4) is 0 Å². The molecule has 1 aromatic carbocycles. The number of rotatable bonds is 5. The molecular formula is C14H22N2O3. The van der Waals surface area contributed by atoms with Gasteiger partial charge in [-0.05, 0) is 37.1 Å². The number of benzene rings is 1. The molecule has 0 amide bonds. The summed E-state index contributed by atoms with van der Waals surface area (Å²) in [7, 11) is 1.61. The van der Waals surface area contributed by atoms with Crippen LogP contribution >= 0.6 is 0 Å². The molecule has 0 aliphatic carbocycles. The van der Waals surface area contributed by atoms with E-state index in [9.17, 15) is 5.11 Å². The lowest BCUT2D eigenvalue weighted by molar-refractivity contribution is 0.158. The minimum absolute atomic E-state index is 0.146. The maximum Gasteiger partial charge on any atom is 0.162 e. The Labute approximate surface area is 113 Å². The first-order valence-electron chi connectivity index (χ1n) is 6.68. The number of aliphatic hydroxyl groups is 1. The van der Waals surface area contributed by atoms with Gasteiger partial charge in [0.25, 0.3) is 0 Å². The van der Waals surface area contributed by atoms with Crippen LogP contribution in [0.5, 0.6) is 11.5 Å². The summed E-state index contributed by atoms with van der Waals surface area (Å²) >= 11 is 0. The van der Waals surface area contributed by atoms with Gasteiger partial charge in [0.1, 0.15) is 6.10 Å². The van der Waals surface area contributed by atoms with Gasteiger partial charge in [-0.1, -0.05) is 6.07 Å². The molecule has 1 aromatic rings.